The van der Waals surface area contributed by atoms with Gasteiger partial charge in [0, 0.05) is 43.0 Å². The summed E-state index contributed by atoms with van der Waals surface area (Å²) < 4.78 is 43.6. The number of fused-ring (bicyclic) bond motifs is 3. The number of hydrogen-bond donors (Lipinski definition) is 1. The molecule has 0 aliphatic heterocycles. The van der Waals surface area contributed by atoms with Crippen molar-refractivity contribution in [2.24, 2.45) is 7.05 Å². The van der Waals surface area contributed by atoms with Gasteiger partial charge in [0.15, 0.2) is 0 Å². The lowest BCUT2D eigenvalue weighted by atomic mass is 10.1. The first-order chi connectivity index (χ1) is 13.8. The van der Waals surface area contributed by atoms with Crippen LogP contribution >= 0.6 is 0 Å². The molecule has 2 aromatic carbocycles. The smallest absolute Gasteiger partial charge is 0.275 e. The Kier molecular flexibility index (Phi) is 4.62. The number of benzene rings is 2. The van der Waals surface area contributed by atoms with E-state index in [0.29, 0.717) is 27.9 Å². The molecule has 4 rings (SSSR count). The summed E-state index contributed by atoms with van der Waals surface area (Å²) in [7, 11) is 1.73. The predicted molar refractivity (Wildman–Crippen MR) is 104 cm³/mol. The van der Waals surface area contributed by atoms with Crippen molar-refractivity contribution in [2.75, 3.05) is 5.32 Å². The third kappa shape index (κ3) is 3.37. The van der Waals surface area contributed by atoms with Crippen LogP contribution in [-0.2, 0) is 18.4 Å². The van der Waals surface area contributed by atoms with E-state index in [1.807, 2.05) is 0 Å². The molecular formula is C21H16F3N3O2. The van der Waals surface area contributed by atoms with Crippen LogP contribution in [0.15, 0.2) is 53.5 Å². The van der Waals surface area contributed by atoms with Crippen molar-refractivity contribution < 1.29 is 18.0 Å². The van der Waals surface area contributed by atoms with E-state index in [2.05, 4.69) is 5.32 Å². The normalized spacial score (nSPS) is 11.3. The summed E-state index contributed by atoms with van der Waals surface area (Å²) in [5.74, 6) is -2.71. The summed E-state index contributed by atoms with van der Waals surface area (Å²) in [4.78, 5) is 25.2. The molecule has 0 aliphatic carbocycles. The molecule has 0 bridgehead atoms. The molecule has 0 atom stereocenters. The topological polar surface area (TPSA) is 56.0 Å². The lowest BCUT2D eigenvalue weighted by molar-refractivity contribution is -0.116. The molecule has 1 amide bonds. The number of carbonyl (C=O) groups excluding carboxylic acids is 1. The molecule has 8 heteroatoms. The summed E-state index contributed by atoms with van der Waals surface area (Å²) in [5.41, 5.74) is 0.299. The van der Waals surface area contributed by atoms with Crippen LogP contribution in [0.3, 0.4) is 0 Å². The first-order valence-corrected chi connectivity index (χ1v) is 8.87. The SMILES string of the molecule is Cn1ccc2c3ccc(F)cc3n(CCC(=O)Nc3ccc(F)cc3F)c(=O)c21. The average molecular weight is 399 g/mol. The first kappa shape index (κ1) is 18.8. The van der Waals surface area contributed by atoms with Crippen molar-refractivity contribution in [3.63, 3.8) is 0 Å². The first-order valence-electron chi connectivity index (χ1n) is 8.87. The number of nitrogens with one attached hydrogen (secondary N) is 1. The zero-order chi connectivity index (χ0) is 20.7. The quantitative estimate of drug-likeness (QED) is 0.565. The Hall–Kier alpha value is -3.55. The molecule has 2 heterocycles. The number of hydrogen-bond acceptors (Lipinski definition) is 2. The molecule has 1 N–H and O–H groups in total. The number of aromatic nitrogens is 2. The van der Waals surface area contributed by atoms with Gasteiger partial charge in [0.05, 0.1) is 11.2 Å². The molecule has 29 heavy (non-hydrogen) atoms. The standard InChI is InChI=1S/C21H16F3N3O2/c1-26-8-6-15-14-4-2-13(23)11-18(14)27(21(29)20(15)26)9-7-19(28)25-17-5-3-12(22)10-16(17)24/h2-6,8,10-11H,7,9H2,1H3,(H,25,28). The lowest BCUT2D eigenvalue weighted by Crippen LogP contribution is -2.25. The van der Waals surface area contributed by atoms with Gasteiger partial charge in [-0.2, -0.15) is 0 Å². The maximum atomic E-state index is 13.8. The summed E-state index contributed by atoms with van der Waals surface area (Å²) in [6.07, 6.45) is 1.58. The summed E-state index contributed by atoms with van der Waals surface area (Å²) in [6, 6.07) is 8.76. The Labute approximate surface area is 163 Å². The van der Waals surface area contributed by atoms with Crippen molar-refractivity contribution >= 4 is 33.4 Å². The van der Waals surface area contributed by atoms with E-state index < -0.39 is 23.4 Å². The molecule has 2 aromatic heterocycles. The van der Waals surface area contributed by atoms with E-state index in [1.165, 1.54) is 16.7 Å². The van der Waals surface area contributed by atoms with Crippen LogP contribution in [0.5, 0.6) is 0 Å². The molecule has 148 valence electrons. The highest BCUT2D eigenvalue weighted by atomic mass is 19.1. The van der Waals surface area contributed by atoms with E-state index in [4.69, 9.17) is 0 Å². The summed E-state index contributed by atoms with van der Waals surface area (Å²) in [5, 5.41) is 3.74. The second kappa shape index (κ2) is 7.12. The maximum absolute atomic E-state index is 13.8. The Balaban J connectivity index is 1.69. The fourth-order valence-corrected chi connectivity index (χ4v) is 3.45. The number of pyridine rings is 1. The largest absolute Gasteiger partial charge is 0.346 e. The van der Waals surface area contributed by atoms with Gasteiger partial charge in [-0.1, -0.05) is 0 Å². The van der Waals surface area contributed by atoms with Gasteiger partial charge >= 0.3 is 0 Å². The van der Waals surface area contributed by atoms with Gasteiger partial charge < -0.3 is 14.5 Å². The second-order valence-electron chi connectivity index (χ2n) is 6.73. The minimum atomic E-state index is -0.895. The highest BCUT2D eigenvalue weighted by Gasteiger charge is 2.15. The van der Waals surface area contributed by atoms with Crippen molar-refractivity contribution in [3.8, 4) is 0 Å². The number of rotatable bonds is 4. The molecular weight excluding hydrogens is 383 g/mol. The summed E-state index contributed by atoms with van der Waals surface area (Å²) in [6.45, 7) is -0.0332. The molecule has 0 radical (unpaired) electrons. The Morgan fingerprint density at radius 2 is 1.72 bits per heavy atom. The van der Waals surface area contributed by atoms with E-state index in [1.54, 1.807) is 29.9 Å². The lowest BCUT2D eigenvalue weighted by Gasteiger charge is -2.13. The highest BCUT2D eigenvalue weighted by molar-refractivity contribution is 6.04. The minimum absolute atomic E-state index is 0.0332. The van der Waals surface area contributed by atoms with Gasteiger partial charge in [-0.15, -0.1) is 0 Å². The van der Waals surface area contributed by atoms with Gasteiger partial charge in [0.25, 0.3) is 5.56 Å². The van der Waals surface area contributed by atoms with Crippen LogP contribution in [0.4, 0.5) is 18.9 Å². The van der Waals surface area contributed by atoms with Crippen molar-refractivity contribution in [3.05, 3.63) is 76.5 Å². The Morgan fingerprint density at radius 3 is 2.48 bits per heavy atom. The molecule has 0 saturated carbocycles. The number of anilines is 1. The van der Waals surface area contributed by atoms with Crippen molar-refractivity contribution in [1.29, 1.82) is 0 Å². The number of amides is 1. The van der Waals surface area contributed by atoms with E-state index in [9.17, 15) is 22.8 Å². The molecule has 0 spiro atoms. The van der Waals surface area contributed by atoms with Crippen LogP contribution in [0.25, 0.3) is 21.8 Å². The Bertz CT molecular complexity index is 1320. The van der Waals surface area contributed by atoms with Crippen LogP contribution < -0.4 is 10.9 Å². The van der Waals surface area contributed by atoms with Gasteiger partial charge in [-0.05, 0) is 36.4 Å². The van der Waals surface area contributed by atoms with E-state index >= 15 is 0 Å². The number of nitrogens with zero attached hydrogens (tertiary/aromatic N) is 2. The third-order valence-corrected chi connectivity index (χ3v) is 4.83. The molecule has 0 saturated heterocycles. The third-order valence-electron chi connectivity index (χ3n) is 4.83. The van der Waals surface area contributed by atoms with Crippen LogP contribution in [0.1, 0.15) is 6.42 Å². The molecule has 0 fully saturated rings. The number of carbonyl (C=O) groups is 1. The maximum Gasteiger partial charge on any atom is 0.275 e. The minimum Gasteiger partial charge on any atom is -0.346 e. The van der Waals surface area contributed by atoms with Crippen LogP contribution in [0.2, 0.25) is 0 Å². The fourth-order valence-electron chi connectivity index (χ4n) is 3.45. The predicted octanol–water partition coefficient (Wildman–Crippen LogP) is 3.94. The molecule has 4 aromatic rings. The zero-order valence-electron chi connectivity index (χ0n) is 15.4. The highest BCUT2D eigenvalue weighted by Crippen LogP contribution is 2.24. The second-order valence-corrected chi connectivity index (χ2v) is 6.73. The van der Waals surface area contributed by atoms with Gasteiger partial charge in [-0.3, -0.25) is 9.59 Å². The van der Waals surface area contributed by atoms with Gasteiger partial charge in [-0.25, -0.2) is 13.2 Å². The molecule has 0 unspecified atom stereocenters. The summed E-state index contributed by atoms with van der Waals surface area (Å²) >= 11 is 0. The number of aryl methyl sites for hydroxylation is 2. The van der Waals surface area contributed by atoms with Crippen molar-refractivity contribution in [2.45, 2.75) is 13.0 Å². The van der Waals surface area contributed by atoms with Crippen molar-refractivity contribution in [1.82, 2.24) is 9.13 Å². The van der Waals surface area contributed by atoms with E-state index in [0.717, 1.165) is 12.1 Å². The zero-order valence-corrected chi connectivity index (χ0v) is 15.4. The van der Waals surface area contributed by atoms with Gasteiger partial charge in [0.2, 0.25) is 5.91 Å². The van der Waals surface area contributed by atoms with Crippen LogP contribution in [-0.4, -0.2) is 15.0 Å². The van der Waals surface area contributed by atoms with Crippen LogP contribution in [0, 0.1) is 17.5 Å². The average Bonchev–Trinajstić information content (AvgIpc) is 3.06. The van der Waals surface area contributed by atoms with Gasteiger partial charge in [0.1, 0.15) is 23.0 Å². The van der Waals surface area contributed by atoms with E-state index in [-0.39, 0.29) is 24.2 Å². The molecule has 5 nitrogen and oxygen atoms in total. The number of halogens is 3. The fraction of sp³-hybridized carbons (Fsp3) is 0.143. The monoisotopic (exact) mass is 399 g/mol. The molecule has 0 aliphatic rings. The Morgan fingerprint density at radius 1 is 1.00 bits per heavy atom.